The molecular weight excluding hydrogens is 609 g/mol. The summed E-state index contributed by atoms with van der Waals surface area (Å²) in [6.45, 7) is 5.95. The molecule has 1 aromatic heterocycles. The van der Waals surface area contributed by atoms with Crippen LogP contribution >= 0.6 is 11.6 Å². The SMILES string of the molecule is CC(=O)NC(C)(C)c1nc2cc(C(F)(F)F)c(Cl)cc2n1-c1ccc(CCN(C(=O)[O-])S(=O)(=O)c2ccc(C)cc2)cc1. The number of hydrogen-bond donors (Lipinski definition) is 1. The lowest BCUT2D eigenvalue weighted by Crippen LogP contribution is -2.45. The summed E-state index contributed by atoms with van der Waals surface area (Å²) in [6.07, 6.45) is -6.58. The van der Waals surface area contributed by atoms with Gasteiger partial charge in [0.2, 0.25) is 5.91 Å². The normalized spacial score (nSPS) is 12.4. The number of carboxylic acid groups (broad SMARTS) is 1. The van der Waals surface area contributed by atoms with Crippen molar-refractivity contribution in [2.24, 2.45) is 0 Å². The Balaban J connectivity index is 1.71. The van der Waals surface area contributed by atoms with E-state index < -0.39 is 45.0 Å². The Morgan fingerprint density at radius 1 is 1.05 bits per heavy atom. The number of halogens is 4. The van der Waals surface area contributed by atoms with Crippen LogP contribution in [-0.4, -0.2) is 40.8 Å². The topological polar surface area (TPSA) is 124 Å². The number of sulfonamides is 1. The van der Waals surface area contributed by atoms with Crippen LogP contribution in [0.1, 0.15) is 43.3 Å². The molecule has 0 bridgehead atoms. The number of alkyl halides is 3. The first-order chi connectivity index (χ1) is 19.9. The summed E-state index contributed by atoms with van der Waals surface area (Å²) in [5, 5.41) is 14.0. The zero-order valence-corrected chi connectivity index (χ0v) is 25.1. The number of aromatic nitrogens is 2. The summed E-state index contributed by atoms with van der Waals surface area (Å²) in [6, 6.07) is 14.2. The molecule has 0 saturated heterocycles. The van der Waals surface area contributed by atoms with Crippen LogP contribution in [0, 0.1) is 6.92 Å². The van der Waals surface area contributed by atoms with Crippen LogP contribution < -0.4 is 10.4 Å². The van der Waals surface area contributed by atoms with E-state index in [-0.39, 0.29) is 38.4 Å². The molecule has 0 atom stereocenters. The molecule has 0 aliphatic heterocycles. The predicted octanol–water partition coefficient (Wildman–Crippen LogP) is 4.95. The maximum Gasteiger partial charge on any atom is 0.417 e. The summed E-state index contributed by atoms with van der Waals surface area (Å²) in [7, 11) is -4.37. The molecule has 1 N–H and O–H groups in total. The van der Waals surface area contributed by atoms with Crippen LogP contribution in [0.25, 0.3) is 16.7 Å². The largest absolute Gasteiger partial charge is 0.529 e. The molecule has 0 radical (unpaired) electrons. The Labute approximate surface area is 251 Å². The lowest BCUT2D eigenvalue weighted by atomic mass is 10.0. The molecule has 14 heteroatoms. The first kappa shape index (κ1) is 31.8. The number of hydrogen-bond acceptors (Lipinski definition) is 6. The highest BCUT2D eigenvalue weighted by Gasteiger charge is 2.36. The highest BCUT2D eigenvalue weighted by molar-refractivity contribution is 7.89. The van der Waals surface area contributed by atoms with Gasteiger partial charge in [0, 0.05) is 19.2 Å². The van der Waals surface area contributed by atoms with E-state index in [0.717, 1.165) is 17.7 Å². The van der Waals surface area contributed by atoms with Gasteiger partial charge < -0.3 is 15.2 Å². The van der Waals surface area contributed by atoms with Crippen LogP contribution in [0.15, 0.2) is 65.6 Å². The molecular formula is C29H27ClF3N4O5S-. The summed E-state index contributed by atoms with van der Waals surface area (Å²) < 4.78 is 68.4. The van der Waals surface area contributed by atoms with Gasteiger partial charge in [0.25, 0.3) is 10.0 Å². The fourth-order valence-electron chi connectivity index (χ4n) is 4.68. The van der Waals surface area contributed by atoms with Gasteiger partial charge in [-0.05, 0) is 69.2 Å². The standard InChI is InChI=1S/C29H28ClF3N4O5S/c1-17-5-11-21(12-6-17)43(41,42)36(27(39)40)14-13-19-7-9-20(10-8-19)37-25-16-23(30)22(29(31,32)33)15-24(25)34-26(37)28(3,4)35-18(2)38/h5-12,15-16H,13-14H2,1-4H3,(H,35,38)(H,39,40)/p-1. The average Bonchev–Trinajstić information content (AvgIpc) is 3.27. The number of amides is 2. The Bertz CT molecular complexity index is 1800. The minimum absolute atomic E-state index is 0.000130. The van der Waals surface area contributed by atoms with Crippen LogP contribution in [0.4, 0.5) is 18.0 Å². The lowest BCUT2D eigenvalue weighted by Gasteiger charge is -2.26. The van der Waals surface area contributed by atoms with Crippen LogP contribution in [0.3, 0.4) is 0 Å². The summed E-state index contributed by atoms with van der Waals surface area (Å²) in [5.74, 6) is -0.154. The van der Waals surface area contributed by atoms with Gasteiger partial charge in [0.1, 0.15) is 5.82 Å². The first-order valence-electron chi connectivity index (χ1n) is 12.9. The van der Waals surface area contributed by atoms with E-state index in [1.807, 2.05) is 0 Å². The highest BCUT2D eigenvalue weighted by Crippen LogP contribution is 2.39. The minimum Gasteiger partial charge on any atom is -0.529 e. The quantitative estimate of drug-likeness (QED) is 0.292. The fourth-order valence-corrected chi connectivity index (χ4v) is 6.21. The van der Waals surface area contributed by atoms with Gasteiger partial charge in [-0.1, -0.05) is 41.4 Å². The van der Waals surface area contributed by atoms with E-state index in [1.54, 1.807) is 61.7 Å². The van der Waals surface area contributed by atoms with E-state index in [9.17, 15) is 36.3 Å². The summed E-state index contributed by atoms with van der Waals surface area (Å²) in [5.41, 5.74) is -0.0851. The Hall–Kier alpha value is -4.10. The van der Waals surface area contributed by atoms with Crippen molar-refractivity contribution >= 4 is 44.7 Å². The second-order valence-corrected chi connectivity index (χ2v) is 12.7. The molecule has 0 spiro atoms. The van der Waals surface area contributed by atoms with Gasteiger partial charge in [0.15, 0.2) is 6.09 Å². The maximum atomic E-state index is 13.6. The number of carbonyl (C=O) groups is 2. The molecule has 0 fully saturated rings. The molecule has 43 heavy (non-hydrogen) atoms. The molecule has 4 rings (SSSR count). The fraction of sp³-hybridized carbons (Fsp3) is 0.276. The van der Waals surface area contributed by atoms with Gasteiger partial charge in [-0.2, -0.15) is 13.2 Å². The van der Waals surface area contributed by atoms with Crippen molar-refractivity contribution in [3.05, 3.63) is 88.2 Å². The van der Waals surface area contributed by atoms with Gasteiger partial charge in [-0.25, -0.2) is 13.4 Å². The molecule has 3 aromatic carbocycles. The second-order valence-electron chi connectivity index (χ2n) is 10.5. The van der Waals surface area contributed by atoms with E-state index >= 15 is 0 Å². The molecule has 0 aliphatic carbocycles. The maximum absolute atomic E-state index is 13.6. The molecule has 228 valence electrons. The molecule has 0 saturated carbocycles. The predicted molar refractivity (Wildman–Crippen MR) is 152 cm³/mol. The van der Waals surface area contributed by atoms with Gasteiger partial charge in [-0.3, -0.25) is 13.7 Å². The van der Waals surface area contributed by atoms with Crippen molar-refractivity contribution in [2.45, 2.75) is 50.7 Å². The van der Waals surface area contributed by atoms with Gasteiger partial charge in [-0.15, -0.1) is 0 Å². The Kier molecular flexibility index (Phi) is 8.53. The second kappa shape index (κ2) is 11.5. The molecule has 4 aromatic rings. The molecule has 0 unspecified atom stereocenters. The van der Waals surface area contributed by atoms with Crippen molar-refractivity contribution in [1.82, 2.24) is 19.2 Å². The molecule has 9 nitrogen and oxygen atoms in total. The van der Waals surface area contributed by atoms with Crippen molar-refractivity contribution in [3.8, 4) is 5.69 Å². The first-order valence-corrected chi connectivity index (χ1v) is 14.7. The Morgan fingerprint density at radius 3 is 2.19 bits per heavy atom. The van der Waals surface area contributed by atoms with E-state index in [4.69, 9.17) is 11.6 Å². The van der Waals surface area contributed by atoms with Crippen molar-refractivity contribution in [1.29, 1.82) is 0 Å². The number of carbonyl (C=O) groups excluding carboxylic acids is 2. The zero-order chi connectivity index (χ0) is 31.9. The number of imidazole rings is 1. The average molecular weight is 636 g/mol. The smallest absolute Gasteiger partial charge is 0.417 e. The van der Waals surface area contributed by atoms with E-state index in [0.29, 0.717) is 11.3 Å². The molecule has 2 amide bonds. The monoisotopic (exact) mass is 635 g/mol. The van der Waals surface area contributed by atoms with Gasteiger partial charge in [0.05, 0.1) is 32.1 Å². The third-order valence-electron chi connectivity index (χ3n) is 6.71. The number of nitrogens with one attached hydrogen (secondary N) is 1. The number of rotatable bonds is 8. The van der Waals surface area contributed by atoms with E-state index in [1.165, 1.54) is 19.1 Å². The van der Waals surface area contributed by atoms with Gasteiger partial charge >= 0.3 is 6.18 Å². The third kappa shape index (κ3) is 6.62. The van der Waals surface area contributed by atoms with E-state index in [2.05, 4.69) is 10.3 Å². The Morgan fingerprint density at radius 2 is 1.65 bits per heavy atom. The third-order valence-corrected chi connectivity index (χ3v) is 8.80. The summed E-state index contributed by atoms with van der Waals surface area (Å²) >= 11 is 6.03. The van der Waals surface area contributed by atoms with Crippen LogP contribution in [0.2, 0.25) is 5.02 Å². The molecule has 1 heterocycles. The number of nitrogens with zero attached hydrogens (tertiary/aromatic N) is 3. The summed E-state index contributed by atoms with van der Waals surface area (Å²) in [4.78, 5) is 27.9. The molecule has 0 aliphatic rings. The number of benzene rings is 3. The zero-order valence-electron chi connectivity index (χ0n) is 23.5. The minimum atomic E-state index is -4.71. The van der Waals surface area contributed by atoms with Crippen molar-refractivity contribution in [2.75, 3.05) is 6.54 Å². The van der Waals surface area contributed by atoms with Crippen molar-refractivity contribution in [3.63, 3.8) is 0 Å². The highest BCUT2D eigenvalue weighted by atomic mass is 35.5. The lowest BCUT2D eigenvalue weighted by molar-refractivity contribution is -0.259. The van der Waals surface area contributed by atoms with Crippen LogP contribution in [-0.2, 0) is 33.0 Å². The van der Waals surface area contributed by atoms with Crippen molar-refractivity contribution < 1.29 is 36.3 Å². The number of aryl methyl sites for hydroxylation is 1. The van der Waals surface area contributed by atoms with Crippen LogP contribution in [0.5, 0.6) is 0 Å². The number of fused-ring (bicyclic) bond motifs is 1.